The van der Waals surface area contributed by atoms with E-state index in [0.717, 1.165) is 0 Å². The van der Waals surface area contributed by atoms with E-state index in [1.54, 1.807) is 0 Å². The Kier molecular flexibility index (Phi) is 2.76. The van der Waals surface area contributed by atoms with Gasteiger partial charge in [0.05, 0.1) is 12.0 Å². The van der Waals surface area contributed by atoms with E-state index in [1.165, 1.54) is 31.4 Å². The minimum Gasteiger partial charge on any atom is -0.497 e. The largest absolute Gasteiger partial charge is 0.497 e. The average Bonchev–Trinajstić information content (AvgIpc) is 2.17. The van der Waals surface area contributed by atoms with Crippen LogP contribution in [0.25, 0.3) is 0 Å². The molecule has 0 atom stereocenters. The van der Waals surface area contributed by atoms with Gasteiger partial charge in [-0.15, -0.1) is 0 Å². The predicted octanol–water partition coefficient (Wildman–Crippen LogP) is 0.362. The third-order valence-electron chi connectivity index (χ3n) is 1.66. The van der Waals surface area contributed by atoms with Crippen molar-refractivity contribution in [2.45, 2.75) is 4.90 Å². The maximum absolute atomic E-state index is 11.3. The molecular weight excluding hydrogens is 204 g/mol. The highest BCUT2D eigenvalue weighted by molar-refractivity contribution is 8.06. The maximum Gasteiger partial charge on any atom is 0.238 e. The van der Waals surface area contributed by atoms with Gasteiger partial charge >= 0.3 is 0 Å². The third kappa shape index (κ3) is 1.85. The molecule has 0 bridgehead atoms. The number of benzene rings is 1. The fraction of sp³-hybridized carbons (Fsp3) is 0.125. The summed E-state index contributed by atoms with van der Waals surface area (Å²) in [5, 5.41) is 6.03. The van der Waals surface area contributed by atoms with E-state index in [-0.39, 0.29) is 4.90 Å². The van der Waals surface area contributed by atoms with Gasteiger partial charge in [-0.3, -0.25) is 5.41 Å². The van der Waals surface area contributed by atoms with Gasteiger partial charge in [0.1, 0.15) is 5.75 Å². The molecule has 0 fully saturated rings. The number of nitrogens with two attached hydrogens (primary N) is 1. The fourth-order valence-electron chi connectivity index (χ4n) is 0.882. The van der Waals surface area contributed by atoms with Crippen LogP contribution in [-0.2, 0) is 9.84 Å². The summed E-state index contributed by atoms with van der Waals surface area (Å²) in [4.78, 5) is -0.00852. The van der Waals surface area contributed by atoms with Crippen LogP contribution in [0.4, 0.5) is 0 Å². The molecule has 3 N–H and O–H groups in total. The summed E-state index contributed by atoms with van der Waals surface area (Å²) in [6.45, 7) is 0. The molecule has 6 heteroatoms. The Bertz CT molecular complexity index is 436. The number of rotatable bonds is 2. The summed E-state index contributed by atoms with van der Waals surface area (Å²) in [5.74, 6) is 0.549. The maximum atomic E-state index is 11.3. The topological polar surface area (TPSA) is 93.2 Å². The van der Waals surface area contributed by atoms with Crippen LogP contribution in [0.3, 0.4) is 0 Å². The van der Waals surface area contributed by atoms with Gasteiger partial charge in [0.25, 0.3) is 0 Å². The third-order valence-corrected chi connectivity index (χ3v) is 3.13. The highest BCUT2D eigenvalue weighted by atomic mass is 32.2. The molecule has 0 saturated carbocycles. The normalized spacial score (nSPS) is 10.9. The average molecular weight is 214 g/mol. The Labute approximate surface area is 81.9 Å². The van der Waals surface area contributed by atoms with Crippen molar-refractivity contribution < 1.29 is 13.2 Å². The highest BCUT2D eigenvalue weighted by Crippen LogP contribution is 2.16. The molecular formula is C8H10N2O3S. The molecule has 0 aliphatic carbocycles. The SMILES string of the molecule is COc1ccc(S(=O)(=O)C(=N)N)cc1. The molecule has 0 saturated heterocycles. The summed E-state index contributed by atoms with van der Waals surface area (Å²) in [6, 6.07) is 5.68. The molecule has 0 heterocycles. The first-order valence-electron chi connectivity index (χ1n) is 3.71. The van der Waals surface area contributed by atoms with Gasteiger partial charge in [-0.1, -0.05) is 0 Å². The molecule has 0 unspecified atom stereocenters. The Morgan fingerprint density at radius 1 is 1.36 bits per heavy atom. The van der Waals surface area contributed by atoms with Gasteiger partial charge in [-0.2, -0.15) is 0 Å². The van der Waals surface area contributed by atoms with Gasteiger partial charge in [0.15, 0.2) is 0 Å². The standard InChI is InChI=1S/C8H10N2O3S/c1-13-6-2-4-7(5-3-6)14(11,12)8(9)10/h2-5H,1H3,(H3,9,10). The lowest BCUT2D eigenvalue weighted by atomic mass is 10.3. The lowest BCUT2D eigenvalue weighted by Crippen LogP contribution is -2.22. The lowest BCUT2D eigenvalue weighted by molar-refractivity contribution is 0.414. The van der Waals surface area contributed by atoms with Crippen LogP contribution in [0.15, 0.2) is 29.2 Å². The smallest absolute Gasteiger partial charge is 0.238 e. The molecule has 0 aliphatic rings. The van der Waals surface area contributed by atoms with Crippen molar-refractivity contribution in [2.75, 3.05) is 7.11 Å². The van der Waals surface area contributed by atoms with E-state index in [4.69, 9.17) is 15.9 Å². The van der Waals surface area contributed by atoms with Gasteiger partial charge in [-0.05, 0) is 24.3 Å². The van der Waals surface area contributed by atoms with Crippen molar-refractivity contribution in [1.29, 1.82) is 5.41 Å². The van der Waals surface area contributed by atoms with Gasteiger partial charge in [-0.25, -0.2) is 8.42 Å². The summed E-state index contributed by atoms with van der Waals surface area (Å²) in [6.07, 6.45) is 0. The molecule has 1 aromatic rings. The van der Waals surface area contributed by atoms with Crippen molar-refractivity contribution in [2.24, 2.45) is 5.73 Å². The number of ether oxygens (including phenoxy) is 1. The summed E-state index contributed by atoms with van der Waals surface area (Å²) < 4.78 is 27.5. The second-order valence-corrected chi connectivity index (χ2v) is 4.46. The number of hydrogen-bond acceptors (Lipinski definition) is 4. The van der Waals surface area contributed by atoms with Crippen LogP contribution in [0, 0.1) is 5.41 Å². The van der Waals surface area contributed by atoms with E-state index in [0.29, 0.717) is 5.75 Å². The first-order valence-corrected chi connectivity index (χ1v) is 5.20. The van der Waals surface area contributed by atoms with Gasteiger partial charge in [0, 0.05) is 0 Å². The van der Waals surface area contributed by atoms with E-state index >= 15 is 0 Å². The molecule has 0 spiro atoms. The molecule has 14 heavy (non-hydrogen) atoms. The van der Waals surface area contributed by atoms with Crippen LogP contribution >= 0.6 is 0 Å². The van der Waals surface area contributed by atoms with Crippen molar-refractivity contribution in [3.05, 3.63) is 24.3 Å². The van der Waals surface area contributed by atoms with Crippen LogP contribution in [0.1, 0.15) is 0 Å². The Morgan fingerprint density at radius 2 is 1.86 bits per heavy atom. The van der Waals surface area contributed by atoms with Crippen LogP contribution in [0.2, 0.25) is 0 Å². The first kappa shape index (κ1) is 10.5. The highest BCUT2D eigenvalue weighted by Gasteiger charge is 2.17. The number of hydrogen-bond donors (Lipinski definition) is 2. The zero-order valence-corrected chi connectivity index (χ0v) is 8.34. The first-order chi connectivity index (χ1) is 6.48. The minimum atomic E-state index is -3.80. The van der Waals surface area contributed by atoms with Crippen LogP contribution in [0.5, 0.6) is 5.75 Å². The fourth-order valence-corrected chi connectivity index (χ4v) is 1.63. The Morgan fingerprint density at radius 3 is 2.21 bits per heavy atom. The number of sulfone groups is 1. The van der Waals surface area contributed by atoms with Crippen LogP contribution in [-0.4, -0.2) is 20.7 Å². The molecule has 5 nitrogen and oxygen atoms in total. The van der Waals surface area contributed by atoms with E-state index < -0.39 is 15.0 Å². The lowest BCUT2D eigenvalue weighted by Gasteiger charge is -2.03. The predicted molar refractivity (Wildman–Crippen MR) is 52.1 cm³/mol. The second-order valence-electron chi connectivity index (χ2n) is 2.54. The number of methoxy groups -OCH3 is 1. The molecule has 0 amide bonds. The van der Waals surface area contributed by atoms with Crippen molar-refractivity contribution in [1.82, 2.24) is 0 Å². The van der Waals surface area contributed by atoms with E-state index in [1.807, 2.05) is 0 Å². The Balaban J connectivity index is 3.16. The molecule has 1 rings (SSSR count). The monoisotopic (exact) mass is 214 g/mol. The summed E-state index contributed by atoms with van der Waals surface area (Å²) in [5.41, 5.74) is 4.94. The number of nitrogens with one attached hydrogen (secondary N) is 1. The zero-order valence-electron chi connectivity index (χ0n) is 7.52. The number of amidine groups is 1. The van der Waals surface area contributed by atoms with Crippen LogP contribution < -0.4 is 10.5 Å². The van der Waals surface area contributed by atoms with E-state index in [2.05, 4.69) is 0 Å². The molecule has 0 aromatic heterocycles. The van der Waals surface area contributed by atoms with E-state index in [9.17, 15) is 8.42 Å². The quantitative estimate of drug-likeness (QED) is 0.549. The summed E-state index contributed by atoms with van der Waals surface area (Å²) in [7, 11) is -2.32. The Hall–Kier alpha value is -1.56. The zero-order chi connectivity index (χ0) is 10.8. The second kappa shape index (κ2) is 3.67. The van der Waals surface area contributed by atoms with Crippen molar-refractivity contribution in [3.63, 3.8) is 0 Å². The van der Waals surface area contributed by atoms with Gasteiger partial charge in [0.2, 0.25) is 15.0 Å². The molecule has 0 aliphatic heterocycles. The molecule has 76 valence electrons. The molecule has 1 aromatic carbocycles. The minimum absolute atomic E-state index is 0.00852. The van der Waals surface area contributed by atoms with Crippen molar-refractivity contribution >= 4 is 15.0 Å². The van der Waals surface area contributed by atoms with Gasteiger partial charge < -0.3 is 10.5 Å². The van der Waals surface area contributed by atoms with Crippen molar-refractivity contribution in [3.8, 4) is 5.75 Å². The molecule has 0 radical (unpaired) electrons. The summed E-state index contributed by atoms with van der Waals surface area (Å²) >= 11 is 0.